The maximum atomic E-state index is 13.2. The number of amides is 1. The Balaban J connectivity index is 1.58. The molecule has 5 nitrogen and oxygen atoms in total. The fourth-order valence-electron chi connectivity index (χ4n) is 2.48. The van der Waals surface area contributed by atoms with E-state index in [1.165, 1.54) is 16.8 Å². The molecule has 0 aliphatic heterocycles. The van der Waals surface area contributed by atoms with E-state index in [9.17, 15) is 18.0 Å². The lowest BCUT2D eigenvalue weighted by atomic mass is 9.98. The first-order valence-corrected chi connectivity index (χ1v) is 7.72. The standard InChI is InChI=1S/C16H17F3N4O/c17-16(18,19)13(11-4-2-1-3-5-11)8-20-15(24)10-23-9-14(21-22-23)12-6-7-12/h1-5,9,12-13H,6-8,10H2,(H,20,24)/t13-/m0/s1. The van der Waals surface area contributed by atoms with Crippen LogP contribution in [0.1, 0.15) is 35.9 Å². The highest BCUT2D eigenvalue weighted by molar-refractivity contribution is 5.75. The van der Waals surface area contributed by atoms with Gasteiger partial charge in [-0.05, 0) is 18.4 Å². The van der Waals surface area contributed by atoms with Crippen molar-refractivity contribution >= 4 is 5.91 Å². The summed E-state index contributed by atoms with van der Waals surface area (Å²) in [6.45, 7) is -0.643. The molecule has 1 fully saturated rings. The molecule has 1 atom stereocenters. The van der Waals surface area contributed by atoms with Gasteiger partial charge in [0.25, 0.3) is 0 Å². The topological polar surface area (TPSA) is 59.8 Å². The average Bonchev–Trinajstić information content (AvgIpc) is 3.28. The van der Waals surface area contributed by atoms with Gasteiger partial charge in [-0.2, -0.15) is 13.2 Å². The Hall–Kier alpha value is -2.38. The lowest BCUT2D eigenvalue weighted by Gasteiger charge is -2.21. The Kier molecular flexibility index (Phi) is 4.55. The van der Waals surface area contributed by atoms with Gasteiger partial charge in [0.05, 0.1) is 11.6 Å². The summed E-state index contributed by atoms with van der Waals surface area (Å²) in [6.07, 6.45) is -0.624. The number of nitrogens with one attached hydrogen (secondary N) is 1. The van der Waals surface area contributed by atoms with Gasteiger partial charge in [0, 0.05) is 18.7 Å². The molecule has 128 valence electrons. The lowest BCUT2D eigenvalue weighted by molar-refractivity contribution is -0.150. The maximum absolute atomic E-state index is 13.2. The van der Waals surface area contributed by atoms with E-state index in [0.717, 1.165) is 18.5 Å². The van der Waals surface area contributed by atoms with Gasteiger partial charge in [-0.3, -0.25) is 4.79 Å². The molecule has 1 heterocycles. The highest BCUT2D eigenvalue weighted by Crippen LogP contribution is 2.38. The first-order chi connectivity index (χ1) is 11.4. The number of hydrogen-bond acceptors (Lipinski definition) is 3. The van der Waals surface area contributed by atoms with Crippen LogP contribution in [0, 0.1) is 0 Å². The molecule has 24 heavy (non-hydrogen) atoms. The monoisotopic (exact) mass is 338 g/mol. The number of aromatic nitrogens is 3. The van der Waals surface area contributed by atoms with E-state index >= 15 is 0 Å². The van der Waals surface area contributed by atoms with E-state index in [4.69, 9.17) is 0 Å². The van der Waals surface area contributed by atoms with Gasteiger partial charge in [-0.25, -0.2) is 4.68 Å². The highest BCUT2D eigenvalue weighted by Gasteiger charge is 2.40. The molecule has 1 N–H and O–H groups in total. The third kappa shape index (κ3) is 4.12. The predicted octanol–water partition coefficient (Wildman–Crippen LogP) is 2.62. The first-order valence-electron chi connectivity index (χ1n) is 7.72. The van der Waals surface area contributed by atoms with Gasteiger partial charge in [-0.1, -0.05) is 35.5 Å². The predicted molar refractivity (Wildman–Crippen MR) is 80.2 cm³/mol. The summed E-state index contributed by atoms with van der Waals surface area (Å²) in [5.41, 5.74) is 0.960. The van der Waals surface area contributed by atoms with Gasteiger partial charge in [-0.15, -0.1) is 5.10 Å². The van der Waals surface area contributed by atoms with E-state index < -0.39 is 24.5 Å². The molecule has 1 aliphatic rings. The minimum absolute atomic E-state index is 0.127. The van der Waals surface area contributed by atoms with E-state index in [1.807, 2.05) is 0 Å². The van der Waals surface area contributed by atoms with Gasteiger partial charge in [0.15, 0.2) is 0 Å². The number of nitrogens with zero attached hydrogens (tertiary/aromatic N) is 3. The lowest BCUT2D eigenvalue weighted by Crippen LogP contribution is -2.36. The number of halogens is 3. The molecule has 1 aliphatic carbocycles. The van der Waals surface area contributed by atoms with Crippen molar-refractivity contribution in [1.29, 1.82) is 0 Å². The van der Waals surface area contributed by atoms with Gasteiger partial charge >= 0.3 is 6.18 Å². The molecule has 2 aromatic rings. The molecule has 0 spiro atoms. The molecule has 0 bridgehead atoms. The van der Waals surface area contributed by atoms with Crippen molar-refractivity contribution in [3.05, 3.63) is 47.8 Å². The van der Waals surface area contributed by atoms with Crippen molar-refractivity contribution in [3.63, 3.8) is 0 Å². The van der Waals surface area contributed by atoms with Crippen molar-refractivity contribution in [3.8, 4) is 0 Å². The van der Waals surface area contributed by atoms with Crippen molar-refractivity contribution in [2.24, 2.45) is 0 Å². The second-order valence-electron chi connectivity index (χ2n) is 5.92. The second kappa shape index (κ2) is 6.62. The zero-order valence-electron chi connectivity index (χ0n) is 12.8. The van der Waals surface area contributed by atoms with Gasteiger partial charge in [0.1, 0.15) is 6.54 Å². The van der Waals surface area contributed by atoms with Crippen LogP contribution < -0.4 is 5.32 Å². The number of carbonyl (C=O) groups is 1. The summed E-state index contributed by atoms with van der Waals surface area (Å²) in [4.78, 5) is 11.9. The van der Waals surface area contributed by atoms with E-state index in [2.05, 4.69) is 15.6 Å². The van der Waals surface area contributed by atoms with Gasteiger partial charge < -0.3 is 5.32 Å². The van der Waals surface area contributed by atoms with Crippen LogP contribution >= 0.6 is 0 Å². The minimum Gasteiger partial charge on any atom is -0.354 e. The van der Waals surface area contributed by atoms with E-state index in [0.29, 0.717) is 5.92 Å². The number of hydrogen-bond donors (Lipinski definition) is 1. The highest BCUT2D eigenvalue weighted by atomic mass is 19.4. The molecular weight excluding hydrogens is 321 g/mol. The zero-order valence-corrected chi connectivity index (χ0v) is 12.8. The fraction of sp³-hybridized carbons (Fsp3) is 0.438. The molecule has 0 radical (unpaired) electrons. The van der Waals surface area contributed by atoms with Crippen LogP contribution in [0.3, 0.4) is 0 Å². The Labute approximate surface area is 136 Å². The number of benzene rings is 1. The zero-order chi connectivity index (χ0) is 17.2. The number of alkyl halides is 3. The average molecular weight is 338 g/mol. The summed E-state index contributed by atoms with van der Waals surface area (Å²) in [7, 11) is 0. The van der Waals surface area contributed by atoms with Crippen LogP contribution in [0.5, 0.6) is 0 Å². The largest absolute Gasteiger partial charge is 0.397 e. The Bertz CT molecular complexity index is 695. The number of carbonyl (C=O) groups excluding carboxylic acids is 1. The first kappa shape index (κ1) is 16.5. The normalized spacial score (nSPS) is 16.0. The fourth-order valence-corrected chi connectivity index (χ4v) is 2.48. The molecule has 1 saturated carbocycles. The van der Waals surface area contributed by atoms with Crippen LogP contribution in [-0.4, -0.2) is 33.6 Å². The minimum atomic E-state index is -4.43. The van der Waals surface area contributed by atoms with Crippen molar-refractivity contribution < 1.29 is 18.0 Å². The molecule has 8 heteroatoms. The Morgan fingerprint density at radius 3 is 2.62 bits per heavy atom. The molecular formula is C16H17F3N4O. The Morgan fingerprint density at radius 1 is 1.29 bits per heavy atom. The van der Waals surface area contributed by atoms with E-state index in [-0.39, 0.29) is 12.1 Å². The molecule has 1 aromatic heterocycles. The summed E-state index contributed by atoms with van der Waals surface area (Å²) < 4.78 is 41.0. The van der Waals surface area contributed by atoms with E-state index in [1.54, 1.807) is 24.4 Å². The maximum Gasteiger partial charge on any atom is 0.397 e. The molecule has 0 unspecified atom stereocenters. The second-order valence-corrected chi connectivity index (χ2v) is 5.92. The summed E-state index contributed by atoms with van der Waals surface area (Å²) >= 11 is 0. The summed E-state index contributed by atoms with van der Waals surface area (Å²) in [6, 6.07) is 7.56. The Morgan fingerprint density at radius 2 is 2.00 bits per heavy atom. The SMILES string of the molecule is O=C(Cn1cc(C2CC2)nn1)NC[C@@H](c1ccccc1)C(F)(F)F. The number of rotatable bonds is 6. The summed E-state index contributed by atoms with van der Waals surface area (Å²) in [5.74, 6) is -1.85. The van der Waals surface area contributed by atoms with Crippen molar-refractivity contribution in [1.82, 2.24) is 20.3 Å². The third-order valence-electron chi connectivity index (χ3n) is 3.96. The smallest absolute Gasteiger partial charge is 0.354 e. The quantitative estimate of drug-likeness (QED) is 0.881. The molecule has 0 saturated heterocycles. The van der Waals surface area contributed by atoms with Crippen molar-refractivity contribution in [2.45, 2.75) is 37.4 Å². The third-order valence-corrected chi connectivity index (χ3v) is 3.96. The summed E-state index contributed by atoms with van der Waals surface area (Å²) in [5, 5.41) is 10.1. The molecule has 1 amide bonds. The molecule has 1 aromatic carbocycles. The van der Waals surface area contributed by atoms with Crippen LogP contribution in [0.2, 0.25) is 0 Å². The van der Waals surface area contributed by atoms with Crippen LogP contribution in [-0.2, 0) is 11.3 Å². The van der Waals surface area contributed by atoms with Crippen LogP contribution in [0.25, 0.3) is 0 Å². The van der Waals surface area contributed by atoms with Crippen LogP contribution in [0.15, 0.2) is 36.5 Å². The van der Waals surface area contributed by atoms with Gasteiger partial charge in [0.2, 0.25) is 5.91 Å². The van der Waals surface area contributed by atoms with Crippen molar-refractivity contribution in [2.75, 3.05) is 6.54 Å². The van der Waals surface area contributed by atoms with Crippen LogP contribution in [0.4, 0.5) is 13.2 Å². The molecule has 3 rings (SSSR count).